The number of hydrogen-bond donors (Lipinski definition) is 4. The zero-order valence-electron chi connectivity index (χ0n) is 34.2. The molecule has 1 aromatic carbocycles. The van der Waals surface area contributed by atoms with Gasteiger partial charge in [0.1, 0.15) is 29.7 Å². The molecule has 0 spiro atoms. The van der Waals surface area contributed by atoms with Gasteiger partial charge in [0.15, 0.2) is 28.7 Å². The minimum atomic E-state index is -4.68. The van der Waals surface area contributed by atoms with E-state index in [2.05, 4.69) is 25.0 Å². The van der Waals surface area contributed by atoms with E-state index in [1.807, 2.05) is 0 Å². The van der Waals surface area contributed by atoms with Crippen molar-refractivity contribution in [2.75, 3.05) is 25.6 Å². The Labute approximate surface area is 351 Å². The van der Waals surface area contributed by atoms with Gasteiger partial charge in [0.25, 0.3) is 5.56 Å². The third-order valence-corrected chi connectivity index (χ3v) is 13.4. The maximum absolute atomic E-state index is 16.8. The van der Waals surface area contributed by atoms with E-state index < -0.39 is 106 Å². The van der Waals surface area contributed by atoms with Crippen molar-refractivity contribution in [2.45, 2.75) is 102 Å². The van der Waals surface area contributed by atoms with Gasteiger partial charge in [-0.3, -0.25) is 37.3 Å². The number of phosphoric ester groups is 1. The number of ether oxygens (including phenoxy) is 3. The number of aliphatic hydroxyl groups excluding tert-OH is 1. The number of phosphoric acid groups is 1. The third kappa shape index (κ3) is 9.00. The van der Waals surface area contributed by atoms with Gasteiger partial charge < -0.3 is 34.1 Å². The van der Waals surface area contributed by atoms with Crippen LogP contribution in [0, 0.1) is 5.92 Å². The number of hydrogen-bond acceptors (Lipinski definition) is 18. The van der Waals surface area contributed by atoms with Gasteiger partial charge in [-0.1, -0.05) is 6.07 Å². The van der Waals surface area contributed by atoms with Crippen molar-refractivity contribution in [1.29, 1.82) is 0 Å². The minimum Gasteiger partial charge on any atom is -0.476 e. The molecular formula is C36H46F2N8O14P2. The van der Waals surface area contributed by atoms with E-state index in [0.29, 0.717) is 0 Å². The molecule has 3 fully saturated rings. The Bertz CT molecular complexity index is 2540. The summed E-state index contributed by atoms with van der Waals surface area (Å²) < 4.78 is 109. The molecule has 5 N–H and O–H groups in total. The number of H-pyrrole nitrogens is 1. The van der Waals surface area contributed by atoms with E-state index >= 15 is 8.78 Å². The fourth-order valence-electron chi connectivity index (χ4n) is 7.49. The first-order valence-corrected chi connectivity index (χ1v) is 22.4. The van der Waals surface area contributed by atoms with Gasteiger partial charge in [0.2, 0.25) is 11.8 Å². The highest BCUT2D eigenvalue weighted by molar-refractivity contribution is 7.52. The van der Waals surface area contributed by atoms with Crippen molar-refractivity contribution in [2.24, 2.45) is 5.92 Å². The van der Waals surface area contributed by atoms with Gasteiger partial charge in [0, 0.05) is 24.2 Å². The number of nitrogens with one attached hydrogen (secondary N) is 2. The minimum absolute atomic E-state index is 0.0867. The van der Waals surface area contributed by atoms with Crippen LogP contribution >= 0.6 is 15.6 Å². The summed E-state index contributed by atoms with van der Waals surface area (Å²) in [5.74, 6) is -2.43. The zero-order chi connectivity index (χ0) is 44.9. The first-order chi connectivity index (χ1) is 29.1. The number of carbonyl (C=O) groups excluding carboxylic acids is 1. The molecule has 1 saturated carbocycles. The number of halogens is 2. The molecule has 0 radical (unpaired) electrons. The van der Waals surface area contributed by atoms with Crippen LogP contribution in [0.4, 0.5) is 14.7 Å². The normalized spacial score (nSPS) is 31.1. The molecule has 0 bridgehead atoms. The van der Waals surface area contributed by atoms with Crippen LogP contribution < -0.4 is 35.9 Å². The summed E-state index contributed by atoms with van der Waals surface area (Å²) >= 11 is 0. The molecule has 4 aromatic rings. The molecular weight excluding hydrogens is 868 g/mol. The number of anilines is 1. The van der Waals surface area contributed by atoms with Crippen molar-refractivity contribution in [3.05, 3.63) is 63.7 Å². The van der Waals surface area contributed by atoms with Crippen molar-refractivity contribution in [3.8, 4) is 17.4 Å². The second-order valence-electron chi connectivity index (χ2n) is 15.5. The largest absolute Gasteiger partial charge is 0.530 e. The molecule has 2 aliphatic heterocycles. The fraction of sp³-hybridized carbons (Fsp3) is 0.556. The summed E-state index contributed by atoms with van der Waals surface area (Å²) in [7, 11) is -9.30. The average molecular weight is 915 g/mol. The Hall–Kier alpha value is -4.80. The Morgan fingerprint density at radius 3 is 2.61 bits per heavy atom. The summed E-state index contributed by atoms with van der Waals surface area (Å²) in [6.45, 7) is 7.73. The number of esters is 1. The van der Waals surface area contributed by atoms with Crippen molar-refractivity contribution in [3.63, 3.8) is 0 Å². The van der Waals surface area contributed by atoms with Gasteiger partial charge in [0.05, 0.1) is 44.4 Å². The van der Waals surface area contributed by atoms with Crippen LogP contribution in [0.1, 0.15) is 60.2 Å². The predicted molar refractivity (Wildman–Crippen MR) is 212 cm³/mol. The number of nitrogen functional groups attached to an aromatic ring is 1. The van der Waals surface area contributed by atoms with Crippen molar-refractivity contribution < 1.29 is 64.6 Å². The first kappa shape index (κ1) is 45.2. The van der Waals surface area contributed by atoms with E-state index in [1.165, 1.54) is 42.9 Å². The summed E-state index contributed by atoms with van der Waals surface area (Å²) in [4.78, 5) is 51.5. The molecule has 62 heavy (non-hydrogen) atoms. The Balaban J connectivity index is 1.08. The molecule has 11 atom stereocenters. The number of aromatic amines is 1. The molecule has 2 saturated heterocycles. The standard InChI is InChI=1S/C36H46F2N8O14P2/c1-7-53-30-26-29(42-33(39)43-30)46(17-40-26)32-36(6,38)28-23(57-32)16-55-62(52,60-28)59-22-10-8-9-21(14-22)58-61(51,44-19(4)31(49)56-18(2)3)54-15-20-13-24(35(5,37)27(20)48)45-12-11-25(47)41-34(45)50/h8-12,14,17-20,23-24,27-28,32,48H,7,13,15-16H2,1-6H3,(H,44,51)(H2,39,42,43)(H,41,47,50)/t19-,20+,23+,24+,27+,28+,32+,35-,36+,61?,62?/m0/s1. The van der Waals surface area contributed by atoms with Gasteiger partial charge in [-0.05, 0) is 60.1 Å². The maximum atomic E-state index is 16.8. The number of aromatic nitrogens is 6. The number of rotatable bonds is 15. The van der Waals surface area contributed by atoms with Gasteiger partial charge in [-0.2, -0.15) is 15.1 Å². The van der Waals surface area contributed by atoms with Crippen LogP contribution in [-0.4, -0.2) is 102 Å². The molecule has 338 valence electrons. The monoisotopic (exact) mass is 914 g/mol. The SMILES string of the molecule is CCOc1nc(N)nc2c1ncn2[C@@H]1O[C@@H]2COP(=O)(Oc3cccc(OP(=O)(N[C@@H](C)C(=O)OC(C)C)OC[C@H]4C[C@@H](n5ccc(=O)[nH]c5=O)[C@](C)(F)[C@@H]4O)c3)O[C@H]2[C@@]1(C)F. The number of fused-ring (bicyclic) bond motifs is 2. The maximum Gasteiger partial charge on any atom is 0.530 e. The summed E-state index contributed by atoms with van der Waals surface area (Å²) in [5.41, 5.74) is -0.202. The number of nitrogens with two attached hydrogens (primary N) is 1. The Morgan fingerprint density at radius 2 is 1.90 bits per heavy atom. The summed E-state index contributed by atoms with van der Waals surface area (Å²) in [5, 5.41) is 13.5. The molecule has 7 rings (SSSR count). The second-order valence-corrected chi connectivity index (χ2v) is 18.7. The van der Waals surface area contributed by atoms with Gasteiger partial charge >= 0.3 is 27.2 Å². The van der Waals surface area contributed by atoms with Crippen LogP contribution in [0.5, 0.6) is 17.4 Å². The lowest BCUT2D eigenvalue weighted by Gasteiger charge is -2.33. The van der Waals surface area contributed by atoms with Crippen LogP contribution in [0.25, 0.3) is 11.2 Å². The average Bonchev–Trinajstić information content (AvgIpc) is 3.78. The predicted octanol–water partition coefficient (Wildman–Crippen LogP) is 3.67. The van der Waals surface area contributed by atoms with Crippen molar-refractivity contribution in [1.82, 2.24) is 34.2 Å². The van der Waals surface area contributed by atoms with E-state index in [1.54, 1.807) is 20.8 Å². The van der Waals surface area contributed by atoms with Crippen LogP contribution in [0.15, 0.2) is 52.4 Å². The molecule has 22 nitrogen and oxygen atoms in total. The molecule has 5 heterocycles. The highest BCUT2D eigenvalue weighted by Gasteiger charge is 2.62. The van der Waals surface area contributed by atoms with E-state index in [9.17, 15) is 28.6 Å². The number of aliphatic hydroxyl groups is 1. The number of imidazole rings is 1. The molecule has 26 heteroatoms. The Morgan fingerprint density at radius 1 is 1.16 bits per heavy atom. The van der Waals surface area contributed by atoms with Crippen molar-refractivity contribution >= 4 is 38.7 Å². The molecule has 3 aromatic heterocycles. The third-order valence-electron chi connectivity index (χ3n) is 10.4. The topological polar surface area (TPSA) is 282 Å². The number of benzene rings is 1. The number of alkyl halides is 2. The second kappa shape index (κ2) is 17.1. The molecule has 3 aliphatic rings. The molecule has 1 aliphatic carbocycles. The quantitative estimate of drug-likeness (QED) is 0.0978. The Kier molecular flexibility index (Phi) is 12.4. The van der Waals surface area contributed by atoms with Gasteiger partial charge in [-0.25, -0.2) is 27.7 Å². The van der Waals surface area contributed by atoms with Crippen LogP contribution in [0.2, 0.25) is 0 Å². The van der Waals surface area contributed by atoms with Gasteiger partial charge in [-0.15, -0.1) is 0 Å². The zero-order valence-corrected chi connectivity index (χ0v) is 36.0. The summed E-state index contributed by atoms with van der Waals surface area (Å²) in [6, 6.07) is 3.60. The van der Waals surface area contributed by atoms with E-state index in [0.717, 1.165) is 29.8 Å². The highest BCUT2D eigenvalue weighted by Crippen LogP contribution is 2.60. The molecule has 2 unspecified atom stereocenters. The lowest BCUT2D eigenvalue weighted by Crippen LogP contribution is -2.45. The van der Waals surface area contributed by atoms with Crippen LogP contribution in [-0.2, 0) is 37.0 Å². The van der Waals surface area contributed by atoms with Crippen LogP contribution in [0.3, 0.4) is 0 Å². The highest BCUT2D eigenvalue weighted by atomic mass is 31.2. The molecule has 0 amide bonds. The number of nitrogens with zero attached hydrogens (tertiary/aromatic N) is 5. The van der Waals surface area contributed by atoms with E-state index in [4.69, 9.17) is 42.6 Å². The fourth-order valence-corrected chi connectivity index (χ4v) is 10.5. The lowest BCUT2D eigenvalue weighted by molar-refractivity contribution is -0.149. The summed E-state index contributed by atoms with van der Waals surface area (Å²) in [6.07, 6.45) is -4.11. The lowest BCUT2D eigenvalue weighted by atomic mass is 9.98. The van der Waals surface area contributed by atoms with E-state index in [-0.39, 0.29) is 47.5 Å². The first-order valence-electron chi connectivity index (χ1n) is 19.4. The smallest absolute Gasteiger partial charge is 0.476 e. The number of carbonyl (C=O) groups is 1.